The number of nitrogens with zero attached hydrogens (tertiary/aromatic N) is 2. The van der Waals surface area contributed by atoms with Gasteiger partial charge in [-0.2, -0.15) is 0 Å². The molecule has 0 fully saturated rings. The molecular weight excluding hydrogens is 558 g/mol. The lowest BCUT2D eigenvalue weighted by molar-refractivity contribution is 0.0999. The minimum absolute atomic E-state index is 0.153. The van der Waals surface area contributed by atoms with Crippen LogP contribution in [0.1, 0.15) is 10.4 Å². The number of hydrogen-bond donors (Lipinski definition) is 1. The van der Waals surface area contributed by atoms with Gasteiger partial charge >= 0.3 is 0 Å². The van der Waals surface area contributed by atoms with E-state index in [1.807, 2.05) is 0 Å². The zero-order chi connectivity index (χ0) is 27.6. The molecule has 0 spiro atoms. The number of sulfonamides is 1. The van der Waals surface area contributed by atoms with Gasteiger partial charge in [0.15, 0.2) is 16.6 Å². The second kappa shape index (κ2) is 10.9. The van der Waals surface area contributed by atoms with Crippen molar-refractivity contribution in [3.05, 3.63) is 102 Å². The minimum Gasteiger partial charge on any atom is -0.493 e. The Morgan fingerprint density at radius 2 is 1.62 bits per heavy atom. The molecule has 1 amide bonds. The molecular formula is C28H22ClN3O5S2. The van der Waals surface area contributed by atoms with Crippen LogP contribution in [0.25, 0.3) is 10.2 Å². The molecule has 8 nitrogen and oxygen atoms in total. The first kappa shape index (κ1) is 26.5. The fourth-order valence-corrected chi connectivity index (χ4v) is 6.23. The van der Waals surface area contributed by atoms with Gasteiger partial charge in [0.2, 0.25) is 0 Å². The van der Waals surface area contributed by atoms with E-state index < -0.39 is 15.9 Å². The van der Waals surface area contributed by atoms with Crippen molar-refractivity contribution in [2.24, 2.45) is 0 Å². The number of ether oxygens (including phenoxy) is 2. The molecule has 0 aliphatic rings. The predicted octanol–water partition coefficient (Wildman–Crippen LogP) is 6.75. The zero-order valence-electron chi connectivity index (χ0n) is 20.8. The largest absolute Gasteiger partial charge is 0.493 e. The van der Waals surface area contributed by atoms with Crippen molar-refractivity contribution >= 4 is 65.6 Å². The molecule has 0 aliphatic heterocycles. The van der Waals surface area contributed by atoms with Crippen LogP contribution >= 0.6 is 22.9 Å². The molecule has 0 aliphatic carbocycles. The van der Waals surface area contributed by atoms with Gasteiger partial charge in [0, 0.05) is 6.07 Å². The lowest BCUT2D eigenvalue weighted by Crippen LogP contribution is -2.26. The molecule has 1 N–H and O–H groups in total. The first-order valence-electron chi connectivity index (χ1n) is 11.6. The number of aromatic nitrogens is 1. The molecule has 198 valence electrons. The summed E-state index contributed by atoms with van der Waals surface area (Å²) in [7, 11) is -0.733. The van der Waals surface area contributed by atoms with Crippen molar-refractivity contribution in [3.63, 3.8) is 0 Å². The number of methoxy groups -OCH3 is 2. The van der Waals surface area contributed by atoms with Gasteiger partial charge in [-0.1, -0.05) is 53.3 Å². The van der Waals surface area contributed by atoms with Gasteiger partial charge in [-0.25, -0.2) is 13.4 Å². The van der Waals surface area contributed by atoms with Crippen LogP contribution in [0.3, 0.4) is 0 Å². The number of anilines is 3. The average molecular weight is 580 g/mol. The van der Waals surface area contributed by atoms with E-state index in [2.05, 4.69) is 4.72 Å². The summed E-state index contributed by atoms with van der Waals surface area (Å²) < 4.78 is 39.7. The monoisotopic (exact) mass is 579 g/mol. The highest BCUT2D eigenvalue weighted by molar-refractivity contribution is 7.92. The Morgan fingerprint density at radius 1 is 0.897 bits per heavy atom. The van der Waals surface area contributed by atoms with Crippen LogP contribution in [0.4, 0.5) is 16.5 Å². The van der Waals surface area contributed by atoms with Gasteiger partial charge in [-0.05, 0) is 54.6 Å². The second-order valence-electron chi connectivity index (χ2n) is 8.26. The predicted molar refractivity (Wildman–Crippen MR) is 154 cm³/mol. The fourth-order valence-electron chi connectivity index (χ4n) is 3.92. The Balaban J connectivity index is 1.58. The van der Waals surface area contributed by atoms with E-state index in [-0.39, 0.29) is 4.90 Å². The maximum atomic E-state index is 13.9. The molecule has 0 unspecified atom stereocenters. The number of amides is 1. The highest BCUT2D eigenvalue weighted by atomic mass is 35.5. The van der Waals surface area contributed by atoms with E-state index in [1.165, 1.54) is 42.6 Å². The second-order valence-corrected chi connectivity index (χ2v) is 11.4. The standard InChI is InChI=1S/C28H22ClN3O5S2/c1-36-24-15-13-19(17-25(24)37-2)32(27(33)21-10-6-7-11-22(21)29)28-30-23-14-12-18(16-26(23)38-28)31-39(34,35)20-8-4-3-5-9-20/h3-17,31H,1-2H3. The van der Waals surface area contributed by atoms with Crippen molar-refractivity contribution in [2.45, 2.75) is 4.90 Å². The Morgan fingerprint density at radius 3 is 2.33 bits per heavy atom. The van der Waals surface area contributed by atoms with Gasteiger partial charge in [0.25, 0.3) is 15.9 Å². The molecule has 11 heteroatoms. The van der Waals surface area contributed by atoms with Crippen molar-refractivity contribution in [1.82, 2.24) is 4.98 Å². The number of carbonyl (C=O) groups is 1. The lowest BCUT2D eigenvalue weighted by Gasteiger charge is -2.22. The number of rotatable bonds is 8. The first-order valence-corrected chi connectivity index (χ1v) is 14.3. The molecule has 4 aromatic carbocycles. The number of benzene rings is 4. The summed E-state index contributed by atoms with van der Waals surface area (Å²) in [5, 5.41) is 0.664. The molecule has 0 radical (unpaired) electrons. The summed E-state index contributed by atoms with van der Waals surface area (Å²) in [6, 6.07) is 25.0. The van der Waals surface area contributed by atoms with E-state index in [0.717, 1.165) is 0 Å². The third-order valence-electron chi connectivity index (χ3n) is 5.81. The van der Waals surface area contributed by atoms with Crippen LogP contribution in [0.2, 0.25) is 5.02 Å². The Bertz CT molecular complexity index is 1780. The first-order chi connectivity index (χ1) is 18.8. The van der Waals surface area contributed by atoms with E-state index in [0.29, 0.717) is 48.8 Å². The topological polar surface area (TPSA) is 97.8 Å². The van der Waals surface area contributed by atoms with E-state index in [9.17, 15) is 13.2 Å². The van der Waals surface area contributed by atoms with E-state index >= 15 is 0 Å². The minimum atomic E-state index is -3.77. The third-order valence-corrected chi connectivity index (χ3v) is 8.54. The summed E-state index contributed by atoms with van der Waals surface area (Å²) in [6.07, 6.45) is 0. The zero-order valence-corrected chi connectivity index (χ0v) is 23.2. The Hall–Kier alpha value is -4.12. The molecule has 0 saturated carbocycles. The maximum absolute atomic E-state index is 13.9. The quantitative estimate of drug-likeness (QED) is 0.218. The maximum Gasteiger partial charge on any atom is 0.266 e. The number of halogens is 1. The number of thiazole rings is 1. The highest BCUT2D eigenvalue weighted by Gasteiger charge is 2.26. The molecule has 0 saturated heterocycles. The average Bonchev–Trinajstić information content (AvgIpc) is 3.36. The summed E-state index contributed by atoms with van der Waals surface area (Å²) in [5.41, 5.74) is 1.75. The normalized spacial score (nSPS) is 11.3. The van der Waals surface area contributed by atoms with E-state index in [4.69, 9.17) is 26.1 Å². The fraction of sp³-hybridized carbons (Fsp3) is 0.0714. The van der Waals surface area contributed by atoms with Gasteiger partial charge in [0.05, 0.1) is 51.3 Å². The van der Waals surface area contributed by atoms with Gasteiger partial charge in [0.1, 0.15) is 0 Å². The van der Waals surface area contributed by atoms with Crippen LogP contribution < -0.4 is 19.1 Å². The SMILES string of the molecule is COc1ccc(N(C(=O)c2ccccc2Cl)c2nc3ccc(NS(=O)(=O)c4ccccc4)cc3s2)cc1OC. The van der Waals surface area contributed by atoms with Crippen LogP contribution in [0.5, 0.6) is 11.5 Å². The van der Waals surface area contributed by atoms with Crippen molar-refractivity contribution in [3.8, 4) is 11.5 Å². The summed E-state index contributed by atoms with van der Waals surface area (Å²) in [4.78, 5) is 20.1. The molecule has 5 rings (SSSR count). The van der Waals surface area contributed by atoms with Gasteiger partial charge in [-0.3, -0.25) is 14.4 Å². The van der Waals surface area contributed by atoms with Crippen LogP contribution in [0.15, 0.2) is 95.9 Å². The number of nitrogens with one attached hydrogen (secondary N) is 1. The van der Waals surface area contributed by atoms with Gasteiger partial charge < -0.3 is 9.47 Å². The van der Waals surface area contributed by atoms with Crippen LogP contribution in [0, 0.1) is 0 Å². The van der Waals surface area contributed by atoms with Gasteiger partial charge in [-0.15, -0.1) is 0 Å². The highest BCUT2D eigenvalue weighted by Crippen LogP contribution is 2.39. The molecule has 5 aromatic rings. The Labute approximate surface area is 234 Å². The molecule has 1 aromatic heterocycles. The van der Waals surface area contributed by atoms with Crippen molar-refractivity contribution in [1.29, 1.82) is 0 Å². The number of carbonyl (C=O) groups excluding carboxylic acids is 1. The van der Waals surface area contributed by atoms with Crippen molar-refractivity contribution in [2.75, 3.05) is 23.8 Å². The molecule has 0 atom stereocenters. The van der Waals surface area contributed by atoms with Crippen LogP contribution in [-0.2, 0) is 10.0 Å². The molecule has 39 heavy (non-hydrogen) atoms. The van der Waals surface area contributed by atoms with E-state index in [1.54, 1.807) is 78.9 Å². The third kappa shape index (κ3) is 5.40. The smallest absolute Gasteiger partial charge is 0.266 e. The molecule has 1 heterocycles. The molecule has 0 bridgehead atoms. The van der Waals surface area contributed by atoms with Crippen molar-refractivity contribution < 1.29 is 22.7 Å². The summed E-state index contributed by atoms with van der Waals surface area (Å²) >= 11 is 7.61. The summed E-state index contributed by atoms with van der Waals surface area (Å²) in [6.45, 7) is 0. The Kier molecular flexibility index (Phi) is 7.42. The number of fused-ring (bicyclic) bond motifs is 1. The number of hydrogen-bond acceptors (Lipinski definition) is 7. The lowest BCUT2D eigenvalue weighted by atomic mass is 10.1. The van der Waals surface area contributed by atoms with Crippen LogP contribution in [-0.4, -0.2) is 33.5 Å². The summed E-state index contributed by atoms with van der Waals surface area (Å²) in [5.74, 6) is 0.550.